The molecular weight excluding hydrogens is 401 g/mol. The number of hydrogen-bond acceptors (Lipinski definition) is 4. The molecule has 0 unspecified atom stereocenters. The van der Waals surface area contributed by atoms with E-state index in [0.29, 0.717) is 22.4 Å². The second-order valence-corrected chi connectivity index (χ2v) is 7.73. The van der Waals surface area contributed by atoms with E-state index < -0.39 is 0 Å². The fourth-order valence-corrected chi connectivity index (χ4v) is 3.79. The second-order valence-electron chi connectivity index (χ2n) is 5.89. The molecule has 2 aromatic carbocycles. The number of halogens is 2. The van der Waals surface area contributed by atoms with Gasteiger partial charge in [-0.05, 0) is 48.2 Å². The van der Waals surface area contributed by atoms with E-state index in [1.54, 1.807) is 23.5 Å². The summed E-state index contributed by atoms with van der Waals surface area (Å²) in [6.45, 7) is 4.42. The van der Waals surface area contributed by atoms with Gasteiger partial charge in [-0.1, -0.05) is 41.4 Å². The standard InChI is InChI=1S/C21H21Cl2NO2S/c1-2-25-21-11-15(12-24-13-16-5-4-10-27-16)8-9-20(21)26-14-17-18(22)6-3-7-19(17)23/h3-11,24H,2,12-14H2,1H3. The van der Waals surface area contributed by atoms with Crippen LogP contribution >= 0.6 is 34.5 Å². The maximum Gasteiger partial charge on any atom is 0.161 e. The average Bonchev–Trinajstić information content (AvgIpc) is 3.16. The topological polar surface area (TPSA) is 30.5 Å². The Morgan fingerprint density at radius 1 is 0.926 bits per heavy atom. The van der Waals surface area contributed by atoms with E-state index in [1.807, 2.05) is 31.2 Å². The minimum absolute atomic E-state index is 0.286. The van der Waals surface area contributed by atoms with Crippen molar-refractivity contribution in [2.45, 2.75) is 26.6 Å². The van der Waals surface area contributed by atoms with Crippen LogP contribution in [0.25, 0.3) is 0 Å². The highest BCUT2D eigenvalue weighted by atomic mass is 35.5. The Labute approximate surface area is 173 Å². The lowest BCUT2D eigenvalue weighted by molar-refractivity contribution is 0.269. The Kier molecular flexibility index (Phi) is 7.41. The molecule has 0 fully saturated rings. The maximum atomic E-state index is 6.22. The summed E-state index contributed by atoms with van der Waals surface area (Å²) >= 11 is 14.2. The molecule has 0 saturated heterocycles. The Morgan fingerprint density at radius 2 is 1.74 bits per heavy atom. The Bertz CT molecular complexity index is 848. The lowest BCUT2D eigenvalue weighted by atomic mass is 10.2. The van der Waals surface area contributed by atoms with Crippen molar-refractivity contribution >= 4 is 34.5 Å². The van der Waals surface area contributed by atoms with Crippen molar-refractivity contribution in [3.8, 4) is 11.5 Å². The molecule has 3 rings (SSSR count). The van der Waals surface area contributed by atoms with Gasteiger partial charge in [0.25, 0.3) is 0 Å². The molecule has 1 heterocycles. The van der Waals surface area contributed by atoms with E-state index in [-0.39, 0.29) is 6.61 Å². The summed E-state index contributed by atoms with van der Waals surface area (Å²) in [5.41, 5.74) is 1.91. The monoisotopic (exact) mass is 421 g/mol. The average molecular weight is 422 g/mol. The number of hydrogen-bond donors (Lipinski definition) is 1. The van der Waals surface area contributed by atoms with Gasteiger partial charge in [-0.25, -0.2) is 0 Å². The van der Waals surface area contributed by atoms with Crippen LogP contribution in [0.15, 0.2) is 53.9 Å². The highest BCUT2D eigenvalue weighted by Crippen LogP contribution is 2.31. The van der Waals surface area contributed by atoms with Gasteiger partial charge in [0, 0.05) is 33.6 Å². The molecule has 1 aromatic heterocycles. The van der Waals surface area contributed by atoms with E-state index in [1.165, 1.54) is 4.88 Å². The highest BCUT2D eigenvalue weighted by Gasteiger charge is 2.10. The van der Waals surface area contributed by atoms with E-state index in [0.717, 1.165) is 30.0 Å². The summed E-state index contributed by atoms with van der Waals surface area (Å²) in [4.78, 5) is 1.32. The van der Waals surface area contributed by atoms with Crippen LogP contribution in [0.1, 0.15) is 22.9 Å². The number of ether oxygens (including phenoxy) is 2. The van der Waals surface area contributed by atoms with E-state index in [2.05, 4.69) is 22.8 Å². The van der Waals surface area contributed by atoms with Crippen molar-refractivity contribution in [3.63, 3.8) is 0 Å². The molecule has 6 heteroatoms. The molecule has 0 aliphatic heterocycles. The minimum atomic E-state index is 0.286. The molecule has 0 amide bonds. The van der Waals surface area contributed by atoms with E-state index >= 15 is 0 Å². The van der Waals surface area contributed by atoms with Gasteiger partial charge in [-0.15, -0.1) is 11.3 Å². The van der Waals surface area contributed by atoms with Crippen molar-refractivity contribution in [1.82, 2.24) is 5.32 Å². The predicted octanol–water partition coefficient (Wildman–Crippen LogP) is 6.32. The molecular formula is C21H21Cl2NO2S. The van der Waals surface area contributed by atoms with Crippen LogP contribution in [0.4, 0.5) is 0 Å². The third kappa shape index (κ3) is 5.63. The molecule has 0 radical (unpaired) electrons. The lowest BCUT2D eigenvalue weighted by Crippen LogP contribution is -2.12. The summed E-state index contributed by atoms with van der Waals surface area (Å²) in [6.07, 6.45) is 0. The normalized spacial score (nSPS) is 10.8. The van der Waals surface area contributed by atoms with E-state index in [4.69, 9.17) is 32.7 Å². The fraction of sp³-hybridized carbons (Fsp3) is 0.238. The zero-order valence-electron chi connectivity index (χ0n) is 15.0. The van der Waals surface area contributed by atoms with Crippen LogP contribution in [-0.4, -0.2) is 6.61 Å². The molecule has 0 bridgehead atoms. The SMILES string of the molecule is CCOc1cc(CNCc2cccs2)ccc1OCc1c(Cl)cccc1Cl. The van der Waals surface area contributed by atoms with Crippen LogP contribution in [-0.2, 0) is 19.7 Å². The number of thiophene rings is 1. The number of benzene rings is 2. The van der Waals surface area contributed by atoms with Gasteiger partial charge >= 0.3 is 0 Å². The molecule has 0 spiro atoms. The molecule has 142 valence electrons. The quantitative estimate of drug-likeness (QED) is 0.438. The minimum Gasteiger partial charge on any atom is -0.490 e. The zero-order valence-corrected chi connectivity index (χ0v) is 17.3. The van der Waals surface area contributed by atoms with Crippen LogP contribution in [0, 0.1) is 0 Å². The van der Waals surface area contributed by atoms with Crippen molar-refractivity contribution in [2.24, 2.45) is 0 Å². The summed E-state index contributed by atoms with van der Waals surface area (Å²) < 4.78 is 11.7. The molecule has 0 atom stereocenters. The van der Waals surface area contributed by atoms with Crippen LogP contribution in [0.5, 0.6) is 11.5 Å². The predicted molar refractivity (Wildman–Crippen MR) is 113 cm³/mol. The Balaban J connectivity index is 1.65. The Hall–Kier alpha value is -1.72. The van der Waals surface area contributed by atoms with Crippen molar-refractivity contribution in [1.29, 1.82) is 0 Å². The second kappa shape index (κ2) is 10.00. The first-order valence-corrected chi connectivity index (χ1v) is 10.4. The summed E-state index contributed by atoms with van der Waals surface area (Å²) in [7, 11) is 0. The summed E-state index contributed by atoms with van der Waals surface area (Å²) in [5, 5.41) is 6.71. The van der Waals surface area contributed by atoms with Gasteiger partial charge in [0.05, 0.1) is 6.61 Å². The largest absolute Gasteiger partial charge is 0.490 e. The zero-order chi connectivity index (χ0) is 19.1. The fourth-order valence-electron chi connectivity index (χ4n) is 2.61. The van der Waals surface area contributed by atoms with Gasteiger partial charge in [-0.2, -0.15) is 0 Å². The van der Waals surface area contributed by atoms with Gasteiger partial charge < -0.3 is 14.8 Å². The first kappa shape index (κ1) is 20.0. The third-order valence-corrected chi connectivity index (χ3v) is 5.53. The van der Waals surface area contributed by atoms with Crippen molar-refractivity contribution in [2.75, 3.05) is 6.61 Å². The summed E-state index contributed by atoms with van der Waals surface area (Å²) in [6, 6.07) is 15.6. The first-order chi connectivity index (χ1) is 13.2. The lowest BCUT2D eigenvalue weighted by Gasteiger charge is -2.15. The molecule has 0 aliphatic rings. The van der Waals surface area contributed by atoms with Crippen molar-refractivity contribution < 1.29 is 9.47 Å². The molecule has 0 saturated carbocycles. The van der Waals surface area contributed by atoms with Gasteiger partial charge in [0.2, 0.25) is 0 Å². The smallest absolute Gasteiger partial charge is 0.161 e. The third-order valence-electron chi connectivity index (χ3n) is 3.95. The molecule has 3 nitrogen and oxygen atoms in total. The molecule has 0 aliphatic carbocycles. The van der Waals surface area contributed by atoms with E-state index in [9.17, 15) is 0 Å². The highest BCUT2D eigenvalue weighted by molar-refractivity contribution is 7.09. The van der Waals surface area contributed by atoms with Crippen molar-refractivity contribution in [3.05, 3.63) is 80.0 Å². The molecule has 1 N–H and O–H groups in total. The number of nitrogens with one attached hydrogen (secondary N) is 1. The van der Waals surface area contributed by atoms with Gasteiger partial charge in [0.15, 0.2) is 11.5 Å². The Morgan fingerprint density at radius 3 is 2.44 bits per heavy atom. The van der Waals surface area contributed by atoms with Gasteiger partial charge in [-0.3, -0.25) is 0 Å². The molecule has 3 aromatic rings. The summed E-state index contributed by atoms with van der Waals surface area (Å²) in [5.74, 6) is 1.39. The van der Waals surface area contributed by atoms with Crippen LogP contribution < -0.4 is 14.8 Å². The first-order valence-electron chi connectivity index (χ1n) is 8.72. The van der Waals surface area contributed by atoms with Gasteiger partial charge in [0.1, 0.15) is 6.61 Å². The van der Waals surface area contributed by atoms with Crippen LogP contribution in [0.3, 0.4) is 0 Å². The number of rotatable bonds is 9. The van der Waals surface area contributed by atoms with Crippen LogP contribution in [0.2, 0.25) is 10.0 Å². The maximum absolute atomic E-state index is 6.22. The molecule has 27 heavy (non-hydrogen) atoms.